The molecule has 0 bridgehead atoms. The second-order valence-electron chi connectivity index (χ2n) is 7.99. The SMILES string of the molecule is O=C(OC[C@H]1O[C@H](O)[C@@H](OC(=O)c2ccccc2)[C@@H](O)[C@H]1OC(=O)c1ccccc1)c1ccccc1. The first-order valence-corrected chi connectivity index (χ1v) is 11.2. The molecule has 0 amide bonds. The lowest BCUT2D eigenvalue weighted by molar-refractivity contribution is -0.284. The van der Waals surface area contributed by atoms with Crippen LogP contribution in [0.4, 0.5) is 0 Å². The predicted molar refractivity (Wildman–Crippen MR) is 125 cm³/mol. The third-order valence-corrected chi connectivity index (χ3v) is 5.53. The summed E-state index contributed by atoms with van der Waals surface area (Å²) in [4.78, 5) is 37.6. The standard InChI is InChI=1S/C27H24O9/c28-21-22(35-25(30)18-12-6-2-7-13-18)20(16-33-24(29)17-10-4-1-5-11-17)34-27(32)23(21)36-26(31)19-14-8-3-9-15-19/h1-15,20-23,27-28,32H,16H2/t20-,21+,22+,23+,27+/m1/s1. The van der Waals surface area contributed by atoms with Crippen molar-refractivity contribution in [3.8, 4) is 0 Å². The van der Waals surface area contributed by atoms with Gasteiger partial charge in [-0.15, -0.1) is 0 Å². The fraction of sp³-hybridized carbons (Fsp3) is 0.222. The predicted octanol–water partition coefficient (Wildman–Crippen LogP) is 2.37. The second kappa shape index (κ2) is 11.6. The minimum atomic E-state index is -1.78. The van der Waals surface area contributed by atoms with Crippen molar-refractivity contribution >= 4 is 17.9 Å². The smallest absolute Gasteiger partial charge is 0.338 e. The summed E-state index contributed by atoms with van der Waals surface area (Å²) in [5.74, 6) is -2.27. The monoisotopic (exact) mass is 492 g/mol. The second-order valence-corrected chi connectivity index (χ2v) is 7.99. The van der Waals surface area contributed by atoms with Crippen LogP contribution in [-0.2, 0) is 18.9 Å². The van der Waals surface area contributed by atoms with E-state index in [-0.39, 0.29) is 16.7 Å². The van der Waals surface area contributed by atoms with Gasteiger partial charge in [0.05, 0.1) is 16.7 Å². The van der Waals surface area contributed by atoms with E-state index in [1.807, 2.05) is 0 Å². The quantitative estimate of drug-likeness (QED) is 0.377. The highest BCUT2D eigenvalue weighted by molar-refractivity contribution is 5.90. The maximum atomic E-state index is 12.7. The number of aliphatic hydroxyl groups excluding tert-OH is 2. The lowest BCUT2D eigenvalue weighted by Gasteiger charge is -2.41. The van der Waals surface area contributed by atoms with Crippen LogP contribution in [0.25, 0.3) is 0 Å². The molecule has 0 saturated carbocycles. The summed E-state index contributed by atoms with van der Waals surface area (Å²) in [6.07, 6.45) is -7.72. The van der Waals surface area contributed by atoms with Crippen molar-refractivity contribution in [2.45, 2.75) is 30.7 Å². The molecule has 1 aliphatic rings. The Kier molecular flexibility index (Phi) is 8.06. The Morgan fingerprint density at radius 1 is 0.639 bits per heavy atom. The van der Waals surface area contributed by atoms with Gasteiger partial charge in [-0.05, 0) is 36.4 Å². The van der Waals surface area contributed by atoms with Gasteiger partial charge in [0.2, 0.25) is 0 Å². The van der Waals surface area contributed by atoms with Crippen LogP contribution in [-0.4, -0.2) is 65.4 Å². The van der Waals surface area contributed by atoms with Gasteiger partial charge < -0.3 is 29.2 Å². The van der Waals surface area contributed by atoms with Crippen molar-refractivity contribution in [3.63, 3.8) is 0 Å². The molecular weight excluding hydrogens is 468 g/mol. The number of aliphatic hydroxyl groups is 2. The van der Waals surface area contributed by atoms with Crippen LogP contribution in [0.2, 0.25) is 0 Å². The molecule has 0 aromatic heterocycles. The minimum Gasteiger partial charge on any atom is -0.459 e. The Morgan fingerprint density at radius 3 is 1.53 bits per heavy atom. The van der Waals surface area contributed by atoms with Crippen LogP contribution in [0.1, 0.15) is 31.1 Å². The molecule has 0 aliphatic carbocycles. The highest BCUT2D eigenvalue weighted by atomic mass is 16.7. The highest BCUT2D eigenvalue weighted by Gasteiger charge is 2.49. The topological polar surface area (TPSA) is 129 Å². The number of rotatable bonds is 7. The van der Waals surface area contributed by atoms with Gasteiger partial charge in [-0.3, -0.25) is 0 Å². The van der Waals surface area contributed by atoms with Crippen LogP contribution in [0, 0.1) is 0 Å². The van der Waals surface area contributed by atoms with Crippen LogP contribution < -0.4 is 0 Å². The van der Waals surface area contributed by atoms with E-state index >= 15 is 0 Å². The van der Waals surface area contributed by atoms with Crippen molar-refractivity contribution in [2.24, 2.45) is 0 Å². The molecule has 0 unspecified atom stereocenters. The molecule has 4 rings (SSSR count). The van der Waals surface area contributed by atoms with Crippen molar-refractivity contribution in [3.05, 3.63) is 108 Å². The fourth-order valence-corrected chi connectivity index (χ4v) is 3.66. The molecular formula is C27H24O9. The summed E-state index contributed by atoms with van der Waals surface area (Å²) in [5, 5.41) is 21.5. The number of hydrogen-bond donors (Lipinski definition) is 2. The van der Waals surface area contributed by atoms with Gasteiger partial charge in [-0.2, -0.15) is 0 Å². The molecule has 9 heteroatoms. The Labute approximate surface area is 206 Å². The van der Waals surface area contributed by atoms with Crippen LogP contribution in [0.15, 0.2) is 91.0 Å². The van der Waals surface area contributed by atoms with Gasteiger partial charge in [0.15, 0.2) is 18.5 Å². The van der Waals surface area contributed by atoms with E-state index in [1.165, 1.54) is 24.3 Å². The van der Waals surface area contributed by atoms with Gasteiger partial charge in [0.25, 0.3) is 0 Å². The van der Waals surface area contributed by atoms with E-state index in [2.05, 4.69) is 0 Å². The Bertz CT molecular complexity index is 1170. The maximum Gasteiger partial charge on any atom is 0.338 e. The third-order valence-electron chi connectivity index (χ3n) is 5.53. The summed E-state index contributed by atoms with van der Waals surface area (Å²) >= 11 is 0. The van der Waals surface area contributed by atoms with Gasteiger partial charge in [-0.1, -0.05) is 54.6 Å². The van der Waals surface area contributed by atoms with E-state index < -0.39 is 55.2 Å². The Morgan fingerprint density at radius 2 is 1.06 bits per heavy atom. The first kappa shape index (κ1) is 25.1. The van der Waals surface area contributed by atoms with Crippen molar-refractivity contribution in [2.75, 3.05) is 6.61 Å². The highest BCUT2D eigenvalue weighted by Crippen LogP contribution is 2.27. The molecule has 9 nitrogen and oxygen atoms in total. The summed E-state index contributed by atoms with van der Waals surface area (Å²) in [5.41, 5.74) is 0.671. The average Bonchev–Trinajstić information content (AvgIpc) is 2.92. The number of benzene rings is 3. The summed E-state index contributed by atoms with van der Waals surface area (Å²) in [7, 11) is 0. The number of carbonyl (C=O) groups excluding carboxylic acids is 3. The van der Waals surface area contributed by atoms with E-state index in [0.717, 1.165) is 0 Å². The van der Waals surface area contributed by atoms with Crippen molar-refractivity contribution in [1.29, 1.82) is 0 Å². The molecule has 1 aliphatic heterocycles. The molecule has 0 radical (unpaired) electrons. The molecule has 2 N–H and O–H groups in total. The number of hydrogen-bond acceptors (Lipinski definition) is 9. The molecule has 1 heterocycles. The Hall–Kier alpha value is -4.05. The Balaban J connectivity index is 1.52. The first-order valence-electron chi connectivity index (χ1n) is 11.2. The zero-order valence-corrected chi connectivity index (χ0v) is 19.0. The van der Waals surface area contributed by atoms with Crippen LogP contribution in [0.3, 0.4) is 0 Å². The first-order chi connectivity index (χ1) is 17.4. The molecule has 36 heavy (non-hydrogen) atoms. The van der Waals surface area contributed by atoms with Crippen LogP contribution >= 0.6 is 0 Å². The molecule has 3 aromatic carbocycles. The summed E-state index contributed by atoms with van der Waals surface area (Å²) in [6, 6.07) is 24.2. The van der Waals surface area contributed by atoms with Gasteiger partial charge in [0, 0.05) is 0 Å². The van der Waals surface area contributed by atoms with E-state index in [0.29, 0.717) is 0 Å². The fourth-order valence-electron chi connectivity index (χ4n) is 3.66. The third kappa shape index (κ3) is 5.95. The molecule has 3 aromatic rings. The lowest BCUT2D eigenvalue weighted by atomic mass is 9.98. The molecule has 1 fully saturated rings. The van der Waals surface area contributed by atoms with E-state index in [9.17, 15) is 24.6 Å². The zero-order chi connectivity index (χ0) is 25.5. The van der Waals surface area contributed by atoms with Crippen LogP contribution in [0.5, 0.6) is 0 Å². The molecule has 1 saturated heterocycles. The number of ether oxygens (including phenoxy) is 4. The molecule has 186 valence electrons. The van der Waals surface area contributed by atoms with Gasteiger partial charge in [-0.25, -0.2) is 14.4 Å². The average molecular weight is 492 g/mol. The largest absolute Gasteiger partial charge is 0.459 e. The van der Waals surface area contributed by atoms with Gasteiger partial charge in [0.1, 0.15) is 18.8 Å². The van der Waals surface area contributed by atoms with Gasteiger partial charge >= 0.3 is 17.9 Å². The van der Waals surface area contributed by atoms with Crippen molar-refractivity contribution in [1.82, 2.24) is 0 Å². The molecule has 5 atom stereocenters. The molecule has 0 spiro atoms. The van der Waals surface area contributed by atoms with Crippen molar-refractivity contribution < 1.29 is 43.5 Å². The summed E-state index contributed by atoms with van der Waals surface area (Å²) in [6.45, 7) is -0.450. The minimum absolute atomic E-state index is 0.189. The van der Waals surface area contributed by atoms with E-state index in [4.69, 9.17) is 18.9 Å². The van der Waals surface area contributed by atoms with E-state index in [1.54, 1.807) is 66.7 Å². The zero-order valence-electron chi connectivity index (χ0n) is 19.0. The lowest BCUT2D eigenvalue weighted by Crippen LogP contribution is -2.61. The number of esters is 3. The number of carbonyl (C=O) groups is 3. The summed E-state index contributed by atoms with van der Waals surface area (Å²) < 4.78 is 21.6. The normalized spacial score (nSPS) is 23.3. The maximum absolute atomic E-state index is 12.7.